The van der Waals surface area contributed by atoms with Crippen LogP contribution in [0.4, 0.5) is 0 Å². The summed E-state index contributed by atoms with van der Waals surface area (Å²) in [5.41, 5.74) is 14.6. The van der Waals surface area contributed by atoms with Crippen molar-refractivity contribution >= 4 is 75.4 Å². The molecule has 0 radical (unpaired) electrons. The van der Waals surface area contributed by atoms with Crippen LogP contribution in [-0.4, -0.2) is 0 Å². The second kappa shape index (κ2) is 16.3. The lowest BCUT2D eigenvalue weighted by Gasteiger charge is -2.19. The average molecular weight is 885 g/mol. The summed E-state index contributed by atoms with van der Waals surface area (Å²) >= 11 is 0. The Labute approximate surface area is 407 Å². The third-order valence-corrected chi connectivity index (χ3v) is 14.8. The smallest absolute Gasteiger partial charge is 0.00923 e. The third kappa shape index (κ3) is 6.61. The molecule has 324 valence electrons. The van der Waals surface area contributed by atoms with E-state index in [9.17, 15) is 0 Å². The second-order valence-corrected chi connectivity index (χ2v) is 18.7. The minimum Gasteiger partial charge on any atom is -0.0616 e. The monoisotopic (exact) mass is 884 g/mol. The molecule has 14 rings (SSSR count). The molecule has 0 fully saturated rings. The zero-order valence-electron chi connectivity index (χ0n) is 38.4. The molecular formula is C70H44. The Kier molecular flexibility index (Phi) is 9.32. The molecule has 0 heteroatoms. The van der Waals surface area contributed by atoms with Gasteiger partial charge in [0.2, 0.25) is 0 Å². The lowest BCUT2D eigenvalue weighted by atomic mass is 9.84. The maximum atomic E-state index is 2.48. The molecule has 0 atom stereocenters. The molecule has 0 aliphatic heterocycles. The predicted molar refractivity (Wildman–Crippen MR) is 302 cm³/mol. The van der Waals surface area contributed by atoms with Crippen LogP contribution in [0.25, 0.3) is 142 Å². The fourth-order valence-electron chi connectivity index (χ4n) is 11.5. The normalized spacial score (nSPS) is 11.7. The summed E-state index contributed by atoms with van der Waals surface area (Å²) in [4.78, 5) is 0. The van der Waals surface area contributed by atoms with Crippen LogP contribution < -0.4 is 0 Å². The largest absolute Gasteiger partial charge is 0.0616 e. The molecule has 0 unspecified atom stereocenters. The molecule has 0 spiro atoms. The highest BCUT2D eigenvalue weighted by Crippen LogP contribution is 2.46. The number of hydrogen-bond acceptors (Lipinski definition) is 0. The van der Waals surface area contributed by atoms with Gasteiger partial charge in [-0.15, -0.1) is 0 Å². The zero-order valence-corrected chi connectivity index (χ0v) is 38.4. The molecule has 0 heterocycles. The number of hydrogen-bond donors (Lipinski definition) is 0. The highest BCUT2D eigenvalue weighted by molar-refractivity contribution is 6.24. The molecule has 0 nitrogen and oxygen atoms in total. The fourth-order valence-corrected chi connectivity index (χ4v) is 11.5. The zero-order chi connectivity index (χ0) is 46.1. The Bertz CT molecular complexity index is 3920. The molecule has 0 aliphatic carbocycles. The van der Waals surface area contributed by atoms with E-state index in [1.165, 1.54) is 142 Å². The van der Waals surface area contributed by atoms with Crippen molar-refractivity contribution in [3.05, 3.63) is 267 Å². The van der Waals surface area contributed by atoms with Crippen molar-refractivity contribution in [2.75, 3.05) is 0 Å². The summed E-state index contributed by atoms with van der Waals surface area (Å²) in [6.07, 6.45) is 0. The van der Waals surface area contributed by atoms with Crippen molar-refractivity contribution in [1.82, 2.24) is 0 Å². The molecule has 14 aromatic carbocycles. The van der Waals surface area contributed by atoms with Crippen LogP contribution in [0.5, 0.6) is 0 Å². The first-order chi connectivity index (χ1) is 34.7. The van der Waals surface area contributed by atoms with E-state index < -0.39 is 0 Å². The Hall–Kier alpha value is -9.10. The van der Waals surface area contributed by atoms with Crippen molar-refractivity contribution < 1.29 is 0 Å². The highest BCUT2D eigenvalue weighted by Gasteiger charge is 2.19. The first kappa shape index (κ1) is 40.0. The van der Waals surface area contributed by atoms with E-state index in [4.69, 9.17) is 0 Å². The van der Waals surface area contributed by atoms with E-state index in [0.717, 1.165) is 0 Å². The summed E-state index contributed by atoms with van der Waals surface area (Å²) in [5, 5.41) is 17.4. The molecule has 14 aromatic rings. The van der Waals surface area contributed by atoms with Crippen LogP contribution in [0.3, 0.4) is 0 Å². The van der Waals surface area contributed by atoms with Gasteiger partial charge in [0, 0.05) is 0 Å². The first-order valence-electron chi connectivity index (χ1n) is 24.3. The lowest BCUT2D eigenvalue weighted by Crippen LogP contribution is -1.92. The van der Waals surface area contributed by atoms with Crippen molar-refractivity contribution in [3.63, 3.8) is 0 Å². The van der Waals surface area contributed by atoms with E-state index in [-0.39, 0.29) is 0 Å². The molecule has 70 heavy (non-hydrogen) atoms. The predicted octanol–water partition coefficient (Wildman–Crippen LogP) is 19.8. The van der Waals surface area contributed by atoms with Crippen LogP contribution in [-0.2, 0) is 0 Å². The Morgan fingerprint density at radius 3 is 0.629 bits per heavy atom. The standard InChI is InChI=1S/C70H44/c1-5-25-55-45(17-1)21-13-33-59(55)49-37-50(60-34-14-22-46-18-2-6-26-56(46)60)40-53(39-49)67-43-69-66-32-12-10-30-64(66)68(44-70(69)65-31-11-9-29-63(65)67)54-41-51(61-35-15-23-47-19-3-7-27-57(47)61)38-52(42-54)62-36-16-24-48-20-4-8-28-58(48)62/h1-44H. The maximum Gasteiger partial charge on any atom is -0.00923 e. The number of rotatable bonds is 6. The van der Waals surface area contributed by atoms with Gasteiger partial charge in [0.25, 0.3) is 0 Å². The fraction of sp³-hybridized carbons (Fsp3) is 0. The second-order valence-electron chi connectivity index (χ2n) is 18.7. The van der Waals surface area contributed by atoms with Crippen molar-refractivity contribution in [1.29, 1.82) is 0 Å². The summed E-state index contributed by atoms with van der Waals surface area (Å²) in [6, 6.07) is 99.4. The van der Waals surface area contributed by atoms with Crippen LogP contribution >= 0.6 is 0 Å². The van der Waals surface area contributed by atoms with Crippen LogP contribution in [0, 0.1) is 0 Å². The minimum absolute atomic E-state index is 1.20. The number of fused-ring (bicyclic) bond motifs is 9. The van der Waals surface area contributed by atoms with Crippen molar-refractivity contribution in [2.45, 2.75) is 0 Å². The van der Waals surface area contributed by atoms with Crippen LogP contribution in [0.2, 0.25) is 0 Å². The van der Waals surface area contributed by atoms with Gasteiger partial charge in [0.15, 0.2) is 0 Å². The SMILES string of the molecule is c1ccc2c(-c3cc(-c4cccc5ccccc45)cc(-c4cc5c6ccccc6c(-c6cc(-c7cccc8ccccc78)cc(-c7cccc8ccccc78)c6)cc5c5ccccc45)c3)cccc2c1. The molecule has 0 aliphatic rings. The van der Waals surface area contributed by atoms with Crippen LogP contribution in [0.1, 0.15) is 0 Å². The topological polar surface area (TPSA) is 0 Å². The van der Waals surface area contributed by atoms with Crippen molar-refractivity contribution in [3.8, 4) is 66.8 Å². The molecule has 0 saturated heterocycles. The molecule has 0 amide bonds. The summed E-state index contributed by atoms with van der Waals surface area (Å²) in [5.74, 6) is 0. The van der Waals surface area contributed by atoms with Gasteiger partial charge in [0.1, 0.15) is 0 Å². The molecular weight excluding hydrogens is 841 g/mol. The highest BCUT2D eigenvalue weighted by atomic mass is 14.2. The molecule has 0 N–H and O–H groups in total. The summed E-state index contributed by atoms with van der Waals surface area (Å²) < 4.78 is 0. The number of benzene rings is 14. The van der Waals surface area contributed by atoms with Gasteiger partial charge in [-0.2, -0.15) is 0 Å². The molecule has 0 bridgehead atoms. The first-order valence-corrected chi connectivity index (χ1v) is 24.3. The van der Waals surface area contributed by atoms with Gasteiger partial charge in [-0.05, 0) is 191 Å². The van der Waals surface area contributed by atoms with E-state index in [0.29, 0.717) is 0 Å². The summed E-state index contributed by atoms with van der Waals surface area (Å²) in [7, 11) is 0. The molecule has 0 saturated carbocycles. The van der Waals surface area contributed by atoms with E-state index in [1.54, 1.807) is 0 Å². The quantitative estimate of drug-likeness (QED) is 0.146. The maximum absolute atomic E-state index is 2.48. The summed E-state index contributed by atoms with van der Waals surface area (Å²) in [6.45, 7) is 0. The van der Waals surface area contributed by atoms with Crippen molar-refractivity contribution in [2.24, 2.45) is 0 Å². The third-order valence-electron chi connectivity index (χ3n) is 14.8. The van der Waals surface area contributed by atoms with Crippen LogP contribution in [0.15, 0.2) is 267 Å². The van der Waals surface area contributed by atoms with Gasteiger partial charge in [-0.1, -0.05) is 218 Å². The van der Waals surface area contributed by atoms with Gasteiger partial charge < -0.3 is 0 Å². The minimum atomic E-state index is 1.20. The molecule has 0 aromatic heterocycles. The van der Waals surface area contributed by atoms with Gasteiger partial charge in [-0.25, -0.2) is 0 Å². The lowest BCUT2D eigenvalue weighted by molar-refractivity contribution is 1.60. The van der Waals surface area contributed by atoms with Gasteiger partial charge in [0.05, 0.1) is 0 Å². The Balaban J connectivity index is 1.04. The Morgan fingerprint density at radius 2 is 0.343 bits per heavy atom. The average Bonchev–Trinajstić information content (AvgIpc) is 3.43. The van der Waals surface area contributed by atoms with Gasteiger partial charge in [-0.3, -0.25) is 0 Å². The van der Waals surface area contributed by atoms with E-state index >= 15 is 0 Å². The van der Waals surface area contributed by atoms with Gasteiger partial charge >= 0.3 is 0 Å². The van der Waals surface area contributed by atoms with E-state index in [2.05, 4.69) is 267 Å². The van der Waals surface area contributed by atoms with E-state index in [1.807, 2.05) is 0 Å². The Morgan fingerprint density at radius 1 is 0.129 bits per heavy atom.